The van der Waals surface area contributed by atoms with E-state index in [1.807, 2.05) is 55.5 Å². The molecule has 3 aromatic rings. The maximum atomic E-state index is 9.15. The van der Waals surface area contributed by atoms with E-state index in [-0.39, 0.29) is 5.92 Å². The minimum Gasteiger partial charge on any atom is -0.497 e. The number of para-hydroxylation sites is 2. The zero-order valence-electron chi connectivity index (χ0n) is 12.7. The Morgan fingerprint density at radius 2 is 2.05 bits per heavy atom. The Hall–Kier alpha value is -2.80. The average Bonchev–Trinajstić information content (AvgIpc) is 2.93. The molecular weight excluding hydrogens is 274 g/mol. The van der Waals surface area contributed by atoms with E-state index >= 15 is 0 Å². The van der Waals surface area contributed by atoms with Crippen LogP contribution in [0.4, 0.5) is 0 Å². The Morgan fingerprint density at radius 3 is 2.82 bits per heavy atom. The monoisotopic (exact) mass is 291 g/mol. The van der Waals surface area contributed by atoms with Crippen molar-refractivity contribution >= 4 is 11.0 Å². The largest absolute Gasteiger partial charge is 0.497 e. The highest BCUT2D eigenvalue weighted by Crippen LogP contribution is 2.28. The topological polar surface area (TPSA) is 50.8 Å². The van der Waals surface area contributed by atoms with Crippen molar-refractivity contribution in [2.45, 2.75) is 13.5 Å². The smallest absolute Gasteiger partial charge is 0.141 e. The average molecular weight is 291 g/mol. The highest BCUT2D eigenvalue weighted by Gasteiger charge is 2.14. The first kappa shape index (κ1) is 14.2. The first-order valence-electron chi connectivity index (χ1n) is 7.22. The zero-order chi connectivity index (χ0) is 15.5. The number of aromatic nitrogens is 2. The molecule has 3 rings (SSSR count). The van der Waals surface area contributed by atoms with Gasteiger partial charge in [-0.1, -0.05) is 24.3 Å². The molecule has 0 saturated heterocycles. The number of hydrogen-bond acceptors (Lipinski definition) is 3. The number of ether oxygens (including phenoxy) is 1. The second-order valence-corrected chi connectivity index (χ2v) is 5.30. The number of hydrogen-bond donors (Lipinski definition) is 0. The molecule has 0 bridgehead atoms. The van der Waals surface area contributed by atoms with E-state index in [1.54, 1.807) is 7.11 Å². The summed E-state index contributed by atoms with van der Waals surface area (Å²) in [5, 5.41) is 9.15. The number of fused-ring (bicyclic) bond motifs is 1. The molecule has 0 radical (unpaired) electrons. The lowest BCUT2D eigenvalue weighted by Crippen LogP contribution is -2.07. The molecule has 0 aliphatic carbocycles. The summed E-state index contributed by atoms with van der Waals surface area (Å²) in [6.07, 6.45) is 0. The molecule has 0 aliphatic heterocycles. The van der Waals surface area contributed by atoms with Crippen molar-refractivity contribution in [2.24, 2.45) is 5.92 Å². The van der Waals surface area contributed by atoms with Gasteiger partial charge < -0.3 is 9.30 Å². The van der Waals surface area contributed by atoms with Crippen molar-refractivity contribution in [1.82, 2.24) is 9.55 Å². The molecule has 0 N–H and O–H groups in total. The molecule has 4 heteroatoms. The molecule has 0 amide bonds. The van der Waals surface area contributed by atoms with E-state index in [2.05, 4.69) is 10.6 Å². The van der Waals surface area contributed by atoms with Gasteiger partial charge in [-0.15, -0.1) is 0 Å². The highest BCUT2D eigenvalue weighted by atomic mass is 16.5. The van der Waals surface area contributed by atoms with Gasteiger partial charge >= 0.3 is 0 Å². The third-order valence-electron chi connectivity index (χ3n) is 3.66. The zero-order valence-corrected chi connectivity index (χ0v) is 12.7. The van der Waals surface area contributed by atoms with E-state index < -0.39 is 0 Å². The summed E-state index contributed by atoms with van der Waals surface area (Å²) < 4.78 is 7.41. The molecule has 1 unspecified atom stereocenters. The van der Waals surface area contributed by atoms with Gasteiger partial charge in [-0.25, -0.2) is 4.98 Å². The number of nitriles is 1. The van der Waals surface area contributed by atoms with Crippen LogP contribution in [0.15, 0.2) is 48.5 Å². The number of imidazole rings is 1. The van der Waals surface area contributed by atoms with Crippen LogP contribution in [-0.4, -0.2) is 16.7 Å². The van der Waals surface area contributed by atoms with Crippen LogP contribution >= 0.6 is 0 Å². The van der Waals surface area contributed by atoms with Gasteiger partial charge in [0.15, 0.2) is 0 Å². The lowest BCUT2D eigenvalue weighted by Gasteiger charge is -2.11. The molecule has 1 atom stereocenters. The predicted octanol–water partition coefficient (Wildman–Crippen LogP) is 3.87. The minimum atomic E-state index is -0.0815. The molecule has 0 spiro atoms. The minimum absolute atomic E-state index is 0.0815. The van der Waals surface area contributed by atoms with Crippen LogP contribution in [0, 0.1) is 17.2 Å². The summed E-state index contributed by atoms with van der Waals surface area (Å²) in [5.41, 5.74) is 2.97. The van der Waals surface area contributed by atoms with E-state index in [0.717, 1.165) is 28.2 Å². The van der Waals surface area contributed by atoms with Crippen LogP contribution in [0.25, 0.3) is 22.4 Å². The Bertz CT molecular complexity index is 845. The maximum Gasteiger partial charge on any atom is 0.141 e. The van der Waals surface area contributed by atoms with Crippen molar-refractivity contribution in [1.29, 1.82) is 5.26 Å². The van der Waals surface area contributed by atoms with Gasteiger partial charge in [0.2, 0.25) is 0 Å². The van der Waals surface area contributed by atoms with Crippen molar-refractivity contribution in [2.75, 3.05) is 7.11 Å². The summed E-state index contributed by atoms with van der Waals surface area (Å²) in [6, 6.07) is 18.1. The summed E-state index contributed by atoms with van der Waals surface area (Å²) in [4.78, 5) is 4.74. The van der Waals surface area contributed by atoms with Crippen LogP contribution in [0.5, 0.6) is 5.75 Å². The maximum absolute atomic E-state index is 9.15. The van der Waals surface area contributed by atoms with Gasteiger partial charge in [0.25, 0.3) is 0 Å². The van der Waals surface area contributed by atoms with Crippen molar-refractivity contribution < 1.29 is 4.74 Å². The SMILES string of the molecule is COc1cccc(-c2nc3ccccc3n2CC(C)C#N)c1. The van der Waals surface area contributed by atoms with Crippen LogP contribution in [0.1, 0.15) is 6.92 Å². The second-order valence-electron chi connectivity index (χ2n) is 5.30. The van der Waals surface area contributed by atoms with Crippen molar-refractivity contribution in [3.8, 4) is 23.2 Å². The first-order valence-corrected chi connectivity index (χ1v) is 7.22. The fourth-order valence-electron chi connectivity index (χ4n) is 2.56. The quantitative estimate of drug-likeness (QED) is 0.733. The predicted molar refractivity (Wildman–Crippen MR) is 86.5 cm³/mol. The number of nitrogens with zero attached hydrogens (tertiary/aromatic N) is 3. The van der Waals surface area contributed by atoms with Crippen molar-refractivity contribution in [3.63, 3.8) is 0 Å². The second kappa shape index (κ2) is 5.90. The normalized spacial score (nSPS) is 12.0. The van der Waals surface area contributed by atoms with Gasteiger partial charge in [-0.2, -0.15) is 5.26 Å². The standard InChI is InChI=1S/C18H17N3O/c1-13(11-19)12-21-17-9-4-3-8-16(17)20-18(21)14-6-5-7-15(10-14)22-2/h3-10,13H,12H2,1-2H3. The Morgan fingerprint density at radius 1 is 1.23 bits per heavy atom. The van der Waals surface area contributed by atoms with Gasteiger partial charge in [0.05, 0.1) is 30.1 Å². The van der Waals surface area contributed by atoms with Gasteiger partial charge in [-0.05, 0) is 31.2 Å². The van der Waals surface area contributed by atoms with Crippen LogP contribution in [-0.2, 0) is 6.54 Å². The van der Waals surface area contributed by atoms with Crippen molar-refractivity contribution in [3.05, 3.63) is 48.5 Å². The number of benzene rings is 2. The molecule has 110 valence electrons. The van der Waals surface area contributed by atoms with Gasteiger partial charge in [0, 0.05) is 12.1 Å². The third-order valence-corrected chi connectivity index (χ3v) is 3.66. The summed E-state index contributed by atoms with van der Waals surface area (Å²) in [6.45, 7) is 2.54. The molecular formula is C18H17N3O. The summed E-state index contributed by atoms with van der Waals surface area (Å²) in [7, 11) is 1.65. The van der Waals surface area contributed by atoms with Gasteiger partial charge in [0.1, 0.15) is 11.6 Å². The number of rotatable bonds is 4. The van der Waals surface area contributed by atoms with Crippen LogP contribution < -0.4 is 4.74 Å². The third kappa shape index (κ3) is 2.53. The van der Waals surface area contributed by atoms with Crippen LogP contribution in [0.2, 0.25) is 0 Å². The molecule has 1 heterocycles. The molecule has 0 fully saturated rings. The van der Waals surface area contributed by atoms with E-state index in [4.69, 9.17) is 15.0 Å². The fourth-order valence-corrected chi connectivity index (χ4v) is 2.56. The Labute approximate surface area is 129 Å². The molecule has 2 aromatic carbocycles. The molecule has 0 aliphatic rings. The Kier molecular flexibility index (Phi) is 3.80. The van der Waals surface area contributed by atoms with Crippen LogP contribution in [0.3, 0.4) is 0 Å². The lowest BCUT2D eigenvalue weighted by atomic mass is 10.1. The molecule has 0 saturated carbocycles. The molecule has 4 nitrogen and oxygen atoms in total. The highest BCUT2D eigenvalue weighted by molar-refractivity contribution is 5.80. The summed E-state index contributed by atoms with van der Waals surface area (Å²) >= 11 is 0. The molecule has 1 aromatic heterocycles. The van der Waals surface area contributed by atoms with E-state index in [9.17, 15) is 0 Å². The Balaban J connectivity index is 2.19. The fraction of sp³-hybridized carbons (Fsp3) is 0.222. The van der Waals surface area contributed by atoms with E-state index in [0.29, 0.717) is 6.54 Å². The summed E-state index contributed by atoms with van der Waals surface area (Å²) in [5.74, 6) is 1.58. The van der Waals surface area contributed by atoms with Gasteiger partial charge in [-0.3, -0.25) is 0 Å². The first-order chi connectivity index (χ1) is 10.7. The number of methoxy groups -OCH3 is 1. The van der Waals surface area contributed by atoms with E-state index in [1.165, 1.54) is 0 Å². The molecule has 22 heavy (non-hydrogen) atoms. The lowest BCUT2D eigenvalue weighted by molar-refractivity contribution is 0.415.